The van der Waals surface area contributed by atoms with Crippen LogP contribution in [-0.4, -0.2) is 48.2 Å². The van der Waals surface area contributed by atoms with Gasteiger partial charge in [0.25, 0.3) is 17.1 Å². The highest BCUT2D eigenvalue weighted by atomic mass is 79.9. The van der Waals surface area contributed by atoms with E-state index in [2.05, 4.69) is 26.0 Å². The van der Waals surface area contributed by atoms with Gasteiger partial charge in [-0.05, 0) is 82.7 Å². The molecule has 1 aliphatic rings. The van der Waals surface area contributed by atoms with Crippen molar-refractivity contribution in [1.29, 1.82) is 0 Å². The van der Waals surface area contributed by atoms with Crippen molar-refractivity contribution in [2.45, 2.75) is 13.5 Å². The summed E-state index contributed by atoms with van der Waals surface area (Å²) in [5.74, 6) is -0.589. The highest BCUT2D eigenvalue weighted by Gasteiger charge is 2.36. The average molecular weight is 615 g/mol. The Morgan fingerprint density at radius 3 is 2.59 bits per heavy atom. The van der Waals surface area contributed by atoms with E-state index < -0.39 is 17.1 Å². The van der Waals surface area contributed by atoms with Crippen LogP contribution in [0.15, 0.2) is 68.4 Å². The summed E-state index contributed by atoms with van der Waals surface area (Å²) < 4.78 is 21.9. The van der Waals surface area contributed by atoms with Gasteiger partial charge in [-0.2, -0.15) is 0 Å². The Bertz CT molecular complexity index is 1440. The van der Waals surface area contributed by atoms with Crippen LogP contribution in [0.1, 0.15) is 28.8 Å². The van der Waals surface area contributed by atoms with Gasteiger partial charge >= 0.3 is 5.97 Å². The van der Waals surface area contributed by atoms with Gasteiger partial charge in [-0.25, -0.2) is 4.79 Å². The number of thioether (sulfide) groups is 1. The lowest BCUT2D eigenvalue weighted by Crippen LogP contribution is -2.27. The average Bonchev–Trinajstić information content (AvgIpc) is 3.49. The summed E-state index contributed by atoms with van der Waals surface area (Å²) in [6.45, 7) is 1.74. The number of halogens is 1. The zero-order valence-electron chi connectivity index (χ0n) is 20.9. The molecule has 0 unspecified atom stereocenters. The molecule has 2 aromatic carbocycles. The Morgan fingerprint density at radius 2 is 1.87 bits per heavy atom. The molecule has 0 spiro atoms. The Morgan fingerprint density at radius 1 is 1.10 bits per heavy atom. The monoisotopic (exact) mass is 614 g/mol. The third kappa shape index (κ3) is 6.89. The Balaban J connectivity index is 1.48. The van der Waals surface area contributed by atoms with Crippen molar-refractivity contribution in [2.75, 3.05) is 25.6 Å². The van der Waals surface area contributed by atoms with Crippen LogP contribution in [0.4, 0.5) is 10.5 Å². The van der Waals surface area contributed by atoms with E-state index in [-0.39, 0.29) is 35.5 Å². The van der Waals surface area contributed by atoms with Crippen LogP contribution in [0, 0.1) is 0 Å². The van der Waals surface area contributed by atoms with E-state index in [0.29, 0.717) is 33.8 Å². The molecule has 0 atom stereocenters. The molecule has 0 aliphatic carbocycles. The van der Waals surface area contributed by atoms with Gasteiger partial charge in [0.2, 0.25) is 5.76 Å². The third-order valence-electron chi connectivity index (χ3n) is 5.27. The summed E-state index contributed by atoms with van der Waals surface area (Å²) >= 11 is 4.23. The lowest BCUT2D eigenvalue weighted by Gasteiger charge is -2.15. The number of furan rings is 1. The number of hydrogen-bond acceptors (Lipinski definition) is 9. The van der Waals surface area contributed by atoms with Gasteiger partial charge in [0, 0.05) is 5.69 Å². The summed E-state index contributed by atoms with van der Waals surface area (Å²) in [7, 11) is 1.22. The van der Waals surface area contributed by atoms with Crippen molar-refractivity contribution in [3.63, 3.8) is 0 Å². The molecule has 202 valence electrons. The maximum Gasteiger partial charge on any atom is 0.373 e. The summed E-state index contributed by atoms with van der Waals surface area (Å²) in [5.41, 5.74) is 1.22. The molecule has 3 aromatic rings. The van der Waals surface area contributed by atoms with E-state index >= 15 is 0 Å². The van der Waals surface area contributed by atoms with Crippen LogP contribution in [0.2, 0.25) is 0 Å². The number of imide groups is 1. The first-order valence-corrected chi connectivity index (χ1v) is 13.3. The molecule has 0 bridgehead atoms. The minimum atomic E-state index is -0.657. The van der Waals surface area contributed by atoms with Crippen LogP contribution in [0.3, 0.4) is 0 Å². The van der Waals surface area contributed by atoms with Crippen molar-refractivity contribution >= 4 is 62.5 Å². The number of amides is 3. The molecule has 2 heterocycles. The molecular formula is C27H23BrN2O8S. The molecule has 1 saturated heterocycles. The molecule has 1 aromatic heterocycles. The largest absolute Gasteiger partial charge is 0.490 e. The fourth-order valence-electron chi connectivity index (χ4n) is 3.55. The number of nitrogens with zero attached hydrogens (tertiary/aromatic N) is 1. The number of methoxy groups -OCH3 is 1. The quantitative estimate of drug-likeness (QED) is 0.233. The molecule has 1 fully saturated rings. The lowest BCUT2D eigenvalue weighted by atomic mass is 10.2. The van der Waals surface area contributed by atoms with Crippen LogP contribution in [-0.2, 0) is 20.9 Å². The second-order valence-corrected chi connectivity index (χ2v) is 9.84. The molecule has 1 N–H and O–H groups in total. The SMILES string of the molecule is CCOc1cc(/C=C2/SC(=O)N(Cc3ccc(C(=O)OC)o3)C2=O)cc(Br)c1OCC(=O)Nc1ccccc1. The number of anilines is 1. The summed E-state index contributed by atoms with van der Waals surface area (Å²) in [6, 6.07) is 15.3. The van der Waals surface area contributed by atoms with Gasteiger partial charge in [-0.15, -0.1) is 0 Å². The summed E-state index contributed by atoms with van der Waals surface area (Å²) in [6.07, 6.45) is 1.56. The number of ether oxygens (including phenoxy) is 3. The Kier molecular flexibility index (Phi) is 9.10. The van der Waals surface area contributed by atoms with Crippen molar-refractivity contribution < 1.29 is 37.8 Å². The number of carbonyl (C=O) groups is 4. The Hall–Kier alpha value is -4.03. The number of benzene rings is 2. The fourth-order valence-corrected chi connectivity index (χ4v) is 4.96. The van der Waals surface area contributed by atoms with Gasteiger partial charge in [0.05, 0.1) is 29.6 Å². The first-order chi connectivity index (χ1) is 18.8. The van der Waals surface area contributed by atoms with E-state index in [4.69, 9.17) is 13.9 Å². The van der Waals surface area contributed by atoms with Gasteiger partial charge in [0.1, 0.15) is 5.76 Å². The van der Waals surface area contributed by atoms with Crippen molar-refractivity contribution in [3.8, 4) is 11.5 Å². The van der Waals surface area contributed by atoms with Gasteiger partial charge in [-0.3, -0.25) is 19.3 Å². The van der Waals surface area contributed by atoms with E-state index in [1.165, 1.54) is 19.2 Å². The van der Waals surface area contributed by atoms with Crippen molar-refractivity contribution in [1.82, 2.24) is 4.90 Å². The predicted octanol–water partition coefficient (Wildman–Crippen LogP) is 5.48. The van der Waals surface area contributed by atoms with Gasteiger partial charge in [-0.1, -0.05) is 18.2 Å². The maximum absolute atomic E-state index is 13.0. The molecule has 39 heavy (non-hydrogen) atoms. The van der Waals surface area contributed by atoms with Crippen molar-refractivity contribution in [2.24, 2.45) is 0 Å². The number of nitrogens with one attached hydrogen (secondary N) is 1. The summed E-state index contributed by atoms with van der Waals surface area (Å²) in [5, 5.41) is 2.27. The van der Waals surface area contributed by atoms with Crippen molar-refractivity contribution in [3.05, 3.63) is 81.1 Å². The third-order valence-corrected chi connectivity index (χ3v) is 6.77. The minimum Gasteiger partial charge on any atom is -0.490 e. The van der Waals surface area contributed by atoms with Crippen LogP contribution < -0.4 is 14.8 Å². The molecule has 10 nitrogen and oxygen atoms in total. The number of esters is 1. The van der Waals surface area contributed by atoms with Crippen LogP contribution in [0.5, 0.6) is 11.5 Å². The number of para-hydroxylation sites is 1. The van der Waals surface area contributed by atoms with E-state index in [0.717, 1.165) is 16.7 Å². The minimum absolute atomic E-state index is 0.0248. The predicted molar refractivity (Wildman–Crippen MR) is 147 cm³/mol. The zero-order chi connectivity index (χ0) is 27.9. The normalized spacial score (nSPS) is 14.0. The smallest absolute Gasteiger partial charge is 0.373 e. The number of rotatable bonds is 10. The van der Waals surface area contributed by atoms with Crippen LogP contribution in [0.25, 0.3) is 6.08 Å². The molecular weight excluding hydrogens is 592 g/mol. The van der Waals surface area contributed by atoms with Gasteiger partial charge in [0.15, 0.2) is 18.1 Å². The number of carbonyl (C=O) groups excluding carboxylic acids is 4. The highest BCUT2D eigenvalue weighted by molar-refractivity contribution is 9.10. The molecule has 0 saturated carbocycles. The van der Waals surface area contributed by atoms with Gasteiger partial charge < -0.3 is 23.9 Å². The fraction of sp³-hybridized carbons (Fsp3) is 0.185. The molecule has 0 radical (unpaired) electrons. The molecule has 3 amide bonds. The van der Waals surface area contributed by atoms with E-state index in [1.54, 1.807) is 37.3 Å². The highest BCUT2D eigenvalue weighted by Crippen LogP contribution is 2.39. The number of hydrogen-bond donors (Lipinski definition) is 1. The maximum atomic E-state index is 13.0. The molecule has 12 heteroatoms. The standard InChI is InChI=1S/C27H23BrN2O8S/c1-3-36-21-12-16(11-19(28)24(21)37-15-23(31)29-17-7-5-4-6-8-17)13-22-25(32)30(27(34)39-22)14-18-9-10-20(38-18)26(33)35-2/h4-13H,3,14-15H2,1-2H3,(H,29,31)/b22-13+. The van der Waals surface area contributed by atoms with Crippen LogP contribution >= 0.6 is 27.7 Å². The lowest BCUT2D eigenvalue weighted by molar-refractivity contribution is -0.123. The second-order valence-electron chi connectivity index (χ2n) is 7.99. The Labute approximate surface area is 236 Å². The van der Waals surface area contributed by atoms with E-state index in [1.807, 2.05) is 18.2 Å². The zero-order valence-corrected chi connectivity index (χ0v) is 23.3. The first kappa shape index (κ1) is 28.0. The molecule has 1 aliphatic heterocycles. The van der Waals surface area contributed by atoms with E-state index in [9.17, 15) is 19.2 Å². The molecule has 4 rings (SSSR count). The first-order valence-electron chi connectivity index (χ1n) is 11.7. The topological polar surface area (TPSA) is 124 Å². The second kappa shape index (κ2) is 12.7. The summed E-state index contributed by atoms with van der Waals surface area (Å²) in [4.78, 5) is 50.7.